The van der Waals surface area contributed by atoms with Gasteiger partial charge < -0.3 is 5.32 Å². The van der Waals surface area contributed by atoms with Crippen molar-refractivity contribution in [2.45, 2.75) is 20.4 Å². The number of rotatable bonds is 3. The molecule has 0 aliphatic heterocycles. The van der Waals surface area contributed by atoms with Crippen molar-refractivity contribution in [1.29, 1.82) is 0 Å². The fourth-order valence-corrected chi connectivity index (χ4v) is 2.26. The van der Waals surface area contributed by atoms with Crippen LogP contribution in [0.2, 0.25) is 0 Å². The van der Waals surface area contributed by atoms with Gasteiger partial charge in [0.2, 0.25) is 0 Å². The molecule has 2 heteroatoms. The molecule has 18 heavy (non-hydrogen) atoms. The molecule has 2 rings (SSSR count). The molecular weight excluding hydrogens is 225 g/mol. The molecule has 0 bridgehead atoms. The predicted octanol–water partition coefficient (Wildman–Crippen LogP) is 3.83. The second kappa shape index (κ2) is 5.32. The molecule has 0 spiro atoms. The summed E-state index contributed by atoms with van der Waals surface area (Å²) in [6.07, 6.45) is 0. The van der Waals surface area contributed by atoms with E-state index in [-0.39, 0.29) is 5.82 Å². The molecule has 1 nitrogen and oxygen atoms in total. The molecule has 1 N–H and O–H groups in total. The molecule has 2 aromatic rings. The summed E-state index contributed by atoms with van der Waals surface area (Å²) in [6, 6.07) is 11.5. The molecule has 0 amide bonds. The summed E-state index contributed by atoms with van der Waals surface area (Å²) in [5.74, 6) is -0.177. The molecule has 0 saturated carbocycles. The smallest absolute Gasteiger partial charge is 0.124 e. The maximum Gasteiger partial charge on any atom is 0.124 e. The first-order valence-electron chi connectivity index (χ1n) is 6.12. The van der Waals surface area contributed by atoms with Gasteiger partial charge in [-0.3, -0.25) is 0 Å². The van der Waals surface area contributed by atoms with Crippen molar-refractivity contribution in [1.82, 2.24) is 5.32 Å². The predicted molar refractivity (Wildman–Crippen MR) is 74.1 cm³/mol. The van der Waals surface area contributed by atoms with Crippen LogP contribution in [0.5, 0.6) is 0 Å². The van der Waals surface area contributed by atoms with E-state index in [1.165, 1.54) is 11.1 Å². The van der Waals surface area contributed by atoms with Gasteiger partial charge in [-0.1, -0.05) is 24.3 Å². The van der Waals surface area contributed by atoms with E-state index in [9.17, 15) is 4.39 Å². The highest BCUT2D eigenvalue weighted by molar-refractivity contribution is 5.68. The Morgan fingerprint density at radius 2 is 1.83 bits per heavy atom. The zero-order valence-corrected chi connectivity index (χ0v) is 11.0. The maximum absolute atomic E-state index is 13.4. The summed E-state index contributed by atoms with van der Waals surface area (Å²) in [6.45, 7) is 4.83. The van der Waals surface area contributed by atoms with Gasteiger partial charge in [0.1, 0.15) is 5.82 Å². The van der Waals surface area contributed by atoms with Crippen LogP contribution >= 0.6 is 0 Å². The van der Waals surface area contributed by atoms with E-state index >= 15 is 0 Å². The number of benzene rings is 2. The third-order valence-corrected chi connectivity index (χ3v) is 3.02. The molecule has 0 aromatic heterocycles. The van der Waals surface area contributed by atoms with E-state index in [1.54, 1.807) is 12.1 Å². The average Bonchev–Trinajstić information content (AvgIpc) is 2.28. The van der Waals surface area contributed by atoms with Gasteiger partial charge in [0.05, 0.1) is 0 Å². The largest absolute Gasteiger partial charge is 0.316 e. The minimum Gasteiger partial charge on any atom is -0.316 e. The van der Waals surface area contributed by atoms with Gasteiger partial charge in [-0.05, 0) is 60.8 Å². The second-order valence-corrected chi connectivity index (χ2v) is 4.70. The Morgan fingerprint density at radius 1 is 1.06 bits per heavy atom. The van der Waals surface area contributed by atoms with Crippen molar-refractivity contribution in [2.24, 2.45) is 0 Å². The van der Waals surface area contributed by atoms with Crippen LogP contribution in [0.1, 0.15) is 16.7 Å². The lowest BCUT2D eigenvalue weighted by Gasteiger charge is -2.10. The van der Waals surface area contributed by atoms with Gasteiger partial charge in [-0.25, -0.2) is 4.39 Å². The monoisotopic (exact) mass is 243 g/mol. The van der Waals surface area contributed by atoms with Crippen LogP contribution in [-0.2, 0) is 6.54 Å². The average molecular weight is 243 g/mol. The summed E-state index contributed by atoms with van der Waals surface area (Å²) in [7, 11) is 1.93. The number of nitrogens with one attached hydrogen (secondary N) is 1. The third kappa shape index (κ3) is 2.77. The molecule has 2 aromatic carbocycles. The van der Waals surface area contributed by atoms with E-state index in [0.717, 1.165) is 23.2 Å². The number of halogens is 1. The molecule has 0 radical (unpaired) electrons. The SMILES string of the molecule is CNCc1ccc(-c2cc(C)cc(F)c2)c(C)c1. The summed E-state index contributed by atoms with van der Waals surface area (Å²) in [5, 5.41) is 3.13. The molecule has 0 fully saturated rings. The van der Waals surface area contributed by atoms with Gasteiger partial charge in [-0.15, -0.1) is 0 Å². The van der Waals surface area contributed by atoms with Crippen molar-refractivity contribution < 1.29 is 4.39 Å². The van der Waals surface area contributed by atoms with Crippen LogP contribution in [0.4, 0.5) is 4.39 Å². The lowest BCUT2D eigenvalue weighted by atomic mass is 9.97. The Morgan fingerprint density at radius 3 is 2.44 bits per heavy atom. The van der Waals surface area contributed by atoms with E-state index in [1.807, 2.05) is 20.0 Å². The minimum atomic E-state index is -0.177. The number of hydrogen-bond donors (Lipinski definition) is 1. The highest BCUT2D eigenvalue weighted by Gasteiger charge is 2.05. The first kappa shape index (κ1) is 12.8. The van der Waals surface area contributed by atoms with E-state index < -0.39 is 0 Å². The Bertz CT molecular complexity index is 541. The molecule has 0 saturated heterocycles. The van der Waals surface area contributed by atoms with Crippen molar-refractivity contribution in [3.05, 3.63) is 58.9 Å². The molecule has 0 aliphatic rings. The zero-order valence-electron chi connectivity index (χ0n) is 11.0. The molecule has 0 aliphatic carbocycles. The lowest BCUT2D eigenvalue weighted by molar-refractivity contribution is 0.627. The van der Waals surface area contributed by atoms with Crippen LogP contribution < -0.4 is 5.32 Å². The van der Waals surface area contributed by atoms with Crippen LogP contribution in [0.3, 0.4) is 0 Å². The van der Waals surface area contributed by atoms with E-state index in [0.29, 0.717) is 0 Å². The fraction of sp³-hybridized carbons (Fsp3) is 0.250. The molecule has 0 unspecified atom stereocenters. The summed E-state index contributed by atoms with van der Waals surface area (Å²) < 4.78 is 13.4. The topological polar surface area (TPSA) is 12.0 Å². The summed E-state index contributed by atoms with van der Waals surface area (Å²) in [5.41, 5.74) is 5.40. The van der Waals surface area contributed by atoms with E-state index in [2.05, 4.69) is 30.4 Å². The van der Waals surface area contributed by atoms with Crippen LogP contribution in [0.15, 0.2) is 36.4 Å². The Hall–Kier alpha value is -1.67. The van der Waals surface area contributed by atoms with Gasteiger partial charge >= 0.3 is 0 Å². The molecular formula is C16H18FN. The summed E-state index contributed by atoms with van der Waals surface area (Å²) in [4.78, 5) is 0. The van der Waals surface area contributed by atoms with Crippen molar-refractivity contribution in [3.63, 3.8) is 0 Å². The molecule has 0 atom stereocenters. The quantitative estimate of drug-likeness (QED) is 0.864. The Kier molecular flexibility index (Phi) is 3.78. The van der Waals surface area contributed by atoms with Crippen molar-refractivity contribution >= 4 is 0 Å². The van der Waals surface area contributed by atoms with Gasteiger partial charge in [-0.2, -0.15) is 0 Å². The first-order chi connectivity index (χ1) is 8.60. The second-order valence-electron chi connectivity index (χ2n) is 4.70. The number of aryl methyl sites for hydroxylation is 2. The zero-order chi connectivity index (χ0) is 13.1. The van der Waals surface area contributed by atoms with Crippen LogP contribution in [0.25, 0.3) is 11.1 Å². The van der Waals surface area contributed by atoms with Gasteiger partial charge in [0.15, 0.2) is 0 Å². The number of hydrogen-bond acceptors (Lipinski definition) is 1. The lowest BCUT2D eigenvalue weighted by Crippen LogP contribution is -2.05. The van der Waals surface area contributed by atoms with Crippen LogP contribution in [-0.4, -0.2) is 7.05 Å². The molecule has 0 heterocycles. The molecule has 94 valence electrons. The highest BCUT2D eigenvalue weighted by Crippen LogP contribution is 2.26. The minimum absolute atomic E-state index is 0.177. The van der Waals surface area contributed by atoms with E-state index in [4.69, 9.17) is 0 Å². The third-order valence-electron chi connectivity index (χ3n) is 3.02. The highest BCUT2D eigenvalue weighted by atomic mass is 19.1. The van der Waals surface area contributed by atoms with Crippen LogP contribution in [0, 0.1) is 19.7 Å². The van der Waals surface area contributed by atoms with Gasteiger partial charge in [0, 0.05) is 6.54 Å². The maximum atomic E-state index is 13.4. The van der Waals surface area contributed by atoms with Gasteiger partial charge in [0.25, 0.3) is 0 Å². The van der Waals surface area contributed by atoms with Crippen molar-refractivity contribution in [3.8, 4) is 11.1 Å². The first-order valence-corrected chi connectivity index (χ1v) is 6.12. The van der Waals surface area contributed by atoms with Crippen molar-refractivity contribution in [2.75, 3.05) is 7.05 Å². The Labute approximate surface area is 108 Å². The summed E-state index contributed by atoms with van der Waals surface area (Å²) >= 11 is 0. The fourth-order valence-electron chi connectivity index (χ4n) is 2.26. The Balaban J connectivity index is 2.44. The standard InChI is InChI=1S/C16H18FN/c1-11-6-14(9-15(17)7-11)16-5-4-13(10-18-3)8-12(16)2/h4-9,18H,10H2,1-3H3. The normalized spacial score (nSPS) is 10.7.